The van der Waals surface area contributed by atoms with E-state index in [9.17, 15) is 14.9 Å². The van der Waals surface area contributed by atoms with Gasteiger partial charge in [-0.05, 0) is 39.5 Å². The Hall–Kier alpha value is -1.93. The lowest BCUT2D eigenvalue weighted by Crippen LogP contribution is -2.22. The lowest BCUT2D eigenvalue weighted by Gasteiger charge is -2.05. The van der Waals surface area contributed by atoms with Crippen molar-refractivity contribution >= 4 is 44.5 Å². The summed E-state index contributed by atoms with van der Waals surface area (Å²) in [5.41, 5.74) is 5.46. The summed E-state index contributed by atoms with van der Waals surface area (Å²) in [7, 11) is 0. The van der Waals surface area contributed by atoms with Crippen LogP contribution in [-0.4, -0.2) is 10.8 Å². The highest BCUT2D eigenvalue weighted by Crippen LogP contribution is 2.24. The number of anilines is 1. The van der Waals surface area contributed by atoms with E-state index in [1.54, 1.807) is 0 Å². The van der Waals surface area contributed by atoms with Crippen LogP contribution >= 0.6 is 27.3 Å². The second-order valence-electron chi connectivity index (χ2n) is 3.91. The number of rotatable bonds is 4. The Morgan fingerprint density at radius 1 is 1.45 bits per heavy atom. The third-order valence-electron chi connectivity index (χ3n) is 2.59. The summed E-state index contributed by atoms with van der Waals surface area (Å²) in [5, 5.41) is 15.4. The molecule has 3 N–H and O–H groups in total. The van der Waals surface area contributed by atoms with Crippen LogP contribution in [0.5, 0.6) is 0 Å². The first-order chi connectivity index (χ1) is 9.49. The Labute approximate surface area is 126 Å². The van der Waals surface area contributed by atoms with Crippen molar-refractivity contribution in [2.24, 2.45) is 0 Å². The van der Waals surface area contributed by atoms with Gasteiger partial charge in [0.25, 0.3) is 11.6 Å². The molecule has 0 aliphatic carbocycles. The fourth-order valence-electron chi connectivity index (χ4n) is 1.56. The summed E-state index contributed by atoms with van der Waals surface area (Å²) >= 11 is 4.87. The number of hydrogen-bond acceptors (Lipinski definition) is 5. The molecule has 0 radical (unpaired) electrons. The molecule has 0 saturated carbocycles. The predicted molar refractivity (Wildman–Crippen MR) is 80.7 cm³/mol. The number of carbonyl (C=O) groups is 1. The minimum atomic E-state index is -0.609. The van der Waals surface area contributed by atoms with Crippen LogP contribution in [0.2, 0.25) is 0 Å². The number of nitro groups is 1. The summed E-state index contributed by atoms with van der Waals surface area (Å²) in [6.07, 6.45) is 0. The van der Waals surface area contributed by atoms with Gasteiger partial charge >= 0.3 is 0 Å². The van der Waals surface area contributed by atoms with Gasteiger partial charge in [0.2, 0.25) is 0 Å². The zero-order valence-corrected chi connectivity index (χ0v) is 12.5. The fourth-order valence-corrected chi connectivity index (χ4v) is 2.99. The third-order valence-corrected chi connectivity index (χ3v) is 4.52. The molecular weight excluding hydrogens is 346 g/mol. The number of amides is 1. The largest absolute Gasteiger partial charge is 0.393 e. The van der Waals surface area contributed by atoms with E-state index in [4.69, 9.17) is 5.73 Å². The van der Waals surface area contributed by atoms with Gasteiger partial charge in [-0.2, -0.15) is 0 Å². The molecule has 20 heavy (non-hydrogen) atoms. The first kappa shape index (κ1) is 14.5. The summed E-state index contributed by atoms with van der Waals surface area (Å²) in [6, 6.07) is 5.88. The Bertz CT molecular complexity index is 672. The van der Waals surface area contributed by atoms with Crippen molar-refractivity contribution < 1.29 is 9.72 Å². The van der Waals surface area contributed by atoms with Crippen molar-refractivity contribution in [1.82, 2.24) is 5.32 Å². The first-order valence-corrected chi connectivity index (χ1v) is 7.20. The van der Waals surface area contributed by atoms with Crippen molar-refractivity contribution in [2.75, 3.05) is 5.73 Å². The maximum absolute atomic E-state index is 12.0. The van der Waals surface area contributed by atoms with Crippen LogP contribution in [0.1, 0.15) is 15.2 Å². The van der Waals surface area contributed by atoms with E-state index in [2.05, 4.69) is 21.2 Å². The van der Waals surface area contributed by atoms with Gasteiger partial charge in [0.15, 0.2) is 0 Å². The van der Waals surface area contributed by atoms with Crippen molar-refractivity contribution in [2.45, 2.75) is 6.54 Å². The monoisotopic (exact) mass is 355 g/mol. The van der Waals surface area contributed by atoms with Crippen LogP contribution in [0.15, 0.2) is 34.1 Å². The molecule has 0 bridgehead atoms. The van der Waals surface area contributed by atoms with E-state index in [0.29, 0.717) is 6.54 Å². The third kappa shape index (κ3) is 3.14. The molecule has 1 amide bonds. The second-order valence-corrected chi connectivity index (χ2v) is 5.76. The summed E-state index contributed by atoms with van der Waals surface area (Å²) < 4.78 is 0.922. The molecule has 1 aromatic carbocycles. The summed E-state index contributed by atoms with van der Waals surface area (Å²) in [6.45, 7) is 0.356. The molecule has 2 aromatic rings. The number of benzene rings is 1. The summed E-state index contributed by atoms with van der Waals surface area (Å²) in [5.74, 6) is -0.381. The molecule has 6 nitrogen and oxygen atoms in total. The highest BCUT2D eigenvalue weighted by molar-refractivity contribution is 9.10. The number of hydrogen-bond donors (Lipinski definition) is 2. The number of nitrogens with two attached hydrogens (primary N) is 1. The van der Waals surface area contributed by atoms with Gasteiger partial charge in [-0.15, -0.1) is 11.3 Å². The van der Waals surface area contributed by atoms with Gasteiger partial charge in [0, 0.05) is 21.0 Å². The van der Waals surface area contributed by atoms with E-state index in [1.807, 2.05) is 11.4 Å². The number of halogens is 1. The van der Waals surface area contributed by atoms with E-state index in [0.717, 1.165) is 9.35 Å². The molecule has 0 fully saturated rings. The molecule has 0 atom stereocenters. The molecule has 0 unspecified atom stereocenters. The lowest BCUT2D eigenvalue weighted by molar-refractivity contribution is -0.383. The smallest absolute Gasteiger partial charge is 0.292 e. The molecule has 2 rings (SSSR count). The van der Waals surface area contributed by atoms with Crippen LogP contribution in [0.25, 0.3) is 0 Å². The van der Waals surface area contributed by atoms with Gasteiger partial charge in [0.05, 0.1) is 11.5 Å². The SMILES string of the molecule is Nc1ccc(C(=O)NCc2sccc2Br)cc1[N+](=O)[O-]. The zero-order valence-electron chi connectivity index (χ0n) is 10.1. The molecule has 104 valence electrons. The highest BCUT2D eigenvalue weighted by atomic mass is 79.9. The minimum absolute atomic E-state index is 0.0348. The molecule has 0 aliphatic rings. The topological polar surface area (TPSA) is 98.3 Å². The van der Waals surface area contributed by atoms with Gasteiger partial charge in [0.1, 0.15) is 5.69 Å². The molecule has 0 spiro atoms. The molecule has 1 aromatic heterocycles. The van der Waals surface area contributed by atoms with Crippen molar-refractivity contribution in [3.05, 3.63) is 54.7 Å². The molecule has 0 saturated heterocycles. The lowest BCUT2D eigenvalue weighted by atomic mass is 10.1. The van der Waals surface area contributed by atoms with Crippen molar-refractivity contribution in [1.29, 1.82) is 0 Å². The Morgan fingerprint density at radius 2 is 2.20 bits per heavy atom. The first-order valence-electron chi connectivity index (χ1n) is 5.53. The number of nitrogens with one attached hydrogen (secondary N) is 1. The molecule has 1 heterocycles. The van der Waals surface area contributed by atoms with Gasteiger partial charge < -0.3 is 11.1 Å². The van der Waals surface area contributed by atoms with E-state index < -0.39 is 4.92 Å². The Balaban J connectivity index is 2.12. The van der Waals surface area contributed by atoms with Crippen LogP contribution in [0, 0.1) is 10.1 Å². The molecule has 0 aliphatic heterocycles. The van der Waals surface area contributed by atoms with Gasteiger partial charge in [-0.25, -0.2) is 0 Å². The van der Waals surface area contributed by atoms with Gasteiger partial charge in [-0.1, -0.05) is 0 Å². The summed E-state index contributed by atoms with van der Waals surface area (Å²) in [4.78, 5) is 23.1. The zero-order chi connectivity index (χ0) is 14.7. The predicted octanol–water partition coefficient (Wildman–Crippen LogP) is 2.93. The quantitative estimate of drug-likeness (QED) is 0.500. The number of nitro benzene ring substituents is 1. The van der Waals surface area contributed by atoms with Crippen molar-refractivity contribution in [3.63, 3.8) is 0 Å². The maximum Gasteiger partial charge on any atom is 0.292 e. The fraction of sp³-hybridized carbons (Fsp3) is 0.0833. The Kier molecular flexibility index (Phi) is 4.35. The van der Waals surface area contributed by atoms with E-state index in [1.165, 1.54) is 29.5 Å². The molecule has 8 heteroatoms. The second kappa shape index (κ2) is 6.02. The number of carbonyl (C=O) groups excluding carboxylic acids is 1. The van der Waals surface area contributed by atoms with Crippen LogP contribution in [0.4, 0.5) is 11.4 Å². The Morgan fingerprint density at radius 3 is 2.80 bits per heavy atom. The average molecular weight is 356 g/mol. The van der Waals surface area contributed by atoms with E-state index >= 15 is 0 Å². The van der Waals surface area contributed by atoms with Crippen LogP contribution in [0.3, 0.4) is 0 Å². The van der Waals surface area contributed by atoms with Crippen LogP contribution in [-0.2, 0) is 6.54 Å². The maximum atomic E-state index is 12.0. The standard InChI is InChI=1S/C12H10BrN3O3S/c13-8-3-4-20-11(8)6-15-12(17)7-1-2-9(14)10(5-7)16(18)19/h1-5H,6,14H2,(H,15,17). The average Bonchev–Trinajstić information content (AvgIpc) is 2.81. The minimum Gasteiger partial charge on any atom is -0.393 e. The van der Waals surface area contributed by atoms with Gasteiger partial charge in [-0.3, -0.25) is 14.9 Å². The van der Waals surface area contributed by atoms with Crippen molar-refractivity contribution in [3.8, 4) is 0 Å². The number of nitrogens with zero attached hydrogens (tertiary/aromatic N) is 1. The number of nitrogen functional groups attached to an aromatic ring is 1. The normalized spacial score (nSPS) is 10.2. The van der Waals surface area contributed by atoms with E-state index in [-0.39, 0.29) is 22.8 Å². The van der Waals surface area contributed by atoms with Crippen LogP contribution < -0.4 is 11.1 Å². The molecular formula is C12H10BrN3O3S. The highest BCUT2D eigenvalue weighted by Gasteiger charge is 2.15. The number of thiophene rings is 1.